The molecule has 0 bridgehead atoms. The molecule has 0 atom stereocenters. The van der Waals surface area contributed by atoms with Crippen LogP contribution < -0.4 is 0 Å². The van der Waals surface area contributed by atoms with Crippen LogP contribution in [0.15, 0.2) is 115 Å². The number of rotatable bonds is 4. The quantitative estimate of drug-likeness (QED) is 0.169. The smallest absolute Gasteiger partial charge is 0.0121 e. The van der Waals surface area contributed by atoms with Gasteiger partial charge < -0.3 is 0 Å². The molecule has 2 aliphatic rings. The van der Waals surface area contributed by atoms with Gasteiger partial charge in [0.15, 0.2) is 0 Å². The van der Waals surface area contributed by atoms with Gasteiger partial charge in [-0.25, -0.2) is 0 Å². The van der Waals surface area contributed by atoms with Gasteiger partial charge in [0.05, 0.1) is 0 Å². The minimum absolute atomic E-state index is 0.0864. The van der Waals surface area contributed by atoms with Crippen LogP contribution in [0, 0.1) is 0 Å². The molecule has 7 aromatic carbocycles. The maximum atomic E-state index is 2.47. The third kappa shape index (κ3) is 4.79. The Kier molecular flexibility index (Phi) is 7.56. The van der Waals surface area contributed by atoms with Gasteiger partial charge in [-0.05, 0) is 142 Å². The van der Waals surface area contributed by atoms with E-state index in [2.05, 4.69) is 151 Å². The van der Waals surface area contributed by atoms with Gasteiger partial charge in [0.1, 0.15) is 0 Å². The summed E-state index contributed by atoms with van der Waals surface area (Å²) in [5.74, 6) is 0.913. The third-order valence-corrected chi connectivity index (χ3v) is 11.5. The number of benzene rings is 7. The molecule has 9 rings (SSSR count). The lowest BCUT2D eigenvalue weighted by Crippen LogP contribution is -2.17. The van der Waals surface area contributed by atoms with E-state index in [4.69, 9.17) is 0 Å². The highest BCUT2D eigenvalue weighted by Gasteiger charge is 2.37. The van der Waals surface area contributed by atoms with E-state index in [1.54, 1.807) is 5.57 Å². The van der Waals surface area contributed by atoms with E-state index in [1.165, 1.54) is 99.6 Å². The summed E-state index contributed by atoms with van der Waals surface area (Å²) in [6, 6.07) is 37.9. The van der Waals surface area contributed by atoms with Crippen LogP contribution in [0.1, 0.15) is 102 Å². The maximum absolute atomic E-state index is 2.47. The van der Waals surface area contributed by atoms with Crippen LogP contribution in [0.25, 0.3) is 70.9 Å². The molecule has 49 heavy (non-hydrogen) atoms. The van der Waals surface area contributed by atoms with E-state index in [-0.39, 0.29) is 5.41 Å². The molecule has 0 heteroatoms. The molecule has 0 aliphatic heterocycles. The second-order valence-electron chi connectivity index (χ2n) is 15.2. The first-order valence-corrected chi connectivity index (χ1v) is 18.5. The van der Waals surface area contributed by atoms with E-state index in [0.29, 0.717) is 11.8 Å². The molecular weight excluding hydrogens is 589 g/mol. The van der Waals surface area contributed by atoms with Gasteiger partial charge >= 0.3 is 0 Å². The summed E-state index contributed by atoms with van der Waals surface area (Å²) in [4.78, 5) is 0. The fourth-order valence-corrected chi connectivity index (χ4v) is 8.96. The molecule has 244 valence electrons. The van der Waals surface area contributed by atoms with Gasteiger partial charge in [-0.2, -0.15) is 0 Å². The molecule has 0 amide bonds. The van der Waals surface area contributed by atoms with Crippen molar-refractivity contribution in [1.29, 1.82) is 0 Å². The molecule has 0 nitrogen and oxygen atoms in total. The van der Waals surface area contributed by atoms with Crippen molar-refractivity contribution in [3.8, 4) is 22.3 Å². The van der Waals surface area contributed by atoms with Gasteiger partial charge in [-0.3, -0.25) is 0 Å². The zero-order valence-corrected chi connectivity index (χ0v) is 30.5. The highest BCUT2D eigenvalue weighted by atomic mass is 14.4. The number of allylic oxidation sites excluding steroid dienone is 4. The van der Waals surface area contributed by atoms with Crippen LogP contribution in [-0.4, -0.2) is 0 Å². The van der Waals surface area contributed by atoms with Crippen LogP contribution in [0.4, 0.5) is 0 Å². The molecular formula is C49H48. The van der Waals surface area contributed by atoms with Gasteiger partial charge in [0.2, 0.25) is 0 Å². The Bertz CT molecular complexity index is 2480. The van der Waals surface area contributed by atoms with Crippen LogP contribution in [0.5, 0.6) is 0 Å². The highest BCUT2D eigenvalue weighted by Crippen LogP contribution is 2.51. The third-order valence-electron chi connectivity index (χ3n) is 11.5. The maximum Gasteiger partial charge on any atom is 0.0121 e. The highest BCUT2D eigenvalue weighted by molar-refractivity contribution is 6.27. The van der Waals surface area contributed by atoms with Crippen LogP contribution >= 0.6 is 0 Å². The molecule has 0 heterocycles. The SMILES string of the molecule is CC.CC(C)c1ccc2ccc3c(C(C)C)cc(-c4ccc5cc(-c6ccc7c(c6)C(C)(C)C6=C7C=CCC6)ccc5c4)c4ccc1c2c43. The van der Waals surface area contributed by atoms with E-state index in [1.807, 2.05) is 13.8 Å². The van der Waals surface area contributed by atoms with Crippen molar-refractivity contribution in [3.05, 3.63) is 137 Å². The van der Waals surface area contributed by atoms with Crippen molar-refractivity contribution in [1.82, 2.24) is 0 Å². The molecule has 0 spiro atoms. The number of fused-ring (bicyclic) bond motifs is 3. The van der Waals surface area contributed by atoms with E-state index in [9.17, 15) is 0 Å². The zero-order valence-electron chi connectivity index (χ0n) is 30.5. The van der Waals surface area contributed by atoms with Crippen molar-refractivity contribution in [2.75, 3.05) is 0 Å². The molecule has 0 unspecified atom stereocenters. The van der Waals surface area contributed by atoms with Crippen molar-refractivity contribution in [2.24, 2.45) is 0 Å². The standard InChI is InChI=1S/C47H42.C2H6/c1-27(2)35-18-15-29-16-20-39-41(28(3)4)26-42(40-22-21-38(35)45(29)46(39)40)34-14-13-30-23-31(11-12-32(30)24-34)33-17-19-37-36-9-7-8-10-43(36)47(5,6)44(37)25-33;1-2/h7,9,11-28H,8,10H2,1-6H3;1-2H3. The van der Waals surface area contributed by atoms with E-state index in [0.717, 1.165) is 6.42 Å². The Hall–Kier alpha value is -4.68. The normalized spacial score (nSPS) is 15.1. The molecule has 2 aliphatic carbocycles. The summed E-state index contributed by atoms with van der Waals surface area (Å²) in [5, 5.41) is 10.9. The van der Waals surface area contributed by atoms with Crippen molar-refractivity contribution < 1.29 is 0 Å². The van der Waals surface area contributed by atoms with E-state index >= 15 is 0 Å². The second kappa shape index (κ2) is 11.7. The largest absolute Gasteiger partial charge is 0.0836 e. The molecule has 7 aromatic rings. The summed E-state index contributed by atoms with van der Waals surface area (Å²) >= 11 is 0. The molecule has 0 saturated heterocycles. The van der Waals surface area contributed by atoms with Gasteiger partial charge in [-0.1, -0.05) is 146 Å². The summed E-state index contributed by atoms with van der Waals surface area (Å²) in [5.41, 5.74) is 14.1. The van der Waals surface area contributed by atoms with Crippen molar-refractivity contribution >= 4 is 48.7 Å². The van der Waals surface area contributed by atoms with Gasteiger partial charge in [-0.15, -0.1) is 0 Å². The summed E-state index contributed by atoms with van der Waals surface area (Å²) in [7, 11) is 0. The first-order chi connectivity index (χ1) is 23.7. The Labute approximate surface area is 292 Å². The Morgan fingerprint density at radius 1 is 0.531 bits per heavy atom. The molecule has 0 fully saturated rings. The van der Waals surface area contributed by atoms with Crippen LogP contribution in [0.2, 0.25) is 0 Å². The van der Waals surface area contributed by atoms with Gasteiger partial charge in [0, 0.05) is 5.41 Å². The average Bonchev–Trinajstić information content (AvgIpc) is 3.36. The Morgan fingerprint density at radius 3 is 1.88 bits per heavy atom. The predicted octanol–water partition coefficient (Wildman–Crippen LogP) is 14.7. The Morgan fingerprint density at radius 2 is 1.12 bits per heavy atom. The van der Waals surface area contributed by atoms with Gasteiger partial charge in [0.25, 0.3) is 0 Å². The van der Waals surface area contributed by atoms with Crippen LogP contribution in [0.3, 0.4) is 0 Å². The number of hydrogen-bond acceptors (Lipinski definition) is 0. The second-order valence-corrected chi connectivity index (χ2v) is 15.2. The molecule has 0 N–H and O–H groups in total. The topological polar surface area (TPSA) is 0 Å². The van der Waals surface area contributed by atoms with E-state index < -0.39 is 0 Å². The lowest BCUT2D eigenvalue weighted by atomic mass is 9.78. The first kappa shape index (κ1) is 31.6. The number of hydrogen-bond donors (Lipinski definition) is 0. The van der Waals surface area contributed by atoms with Crippen LogP contribution in [-0.2, 0) is 5.41 Å². The molecule has 0 radical (unpaired) electrons. The predicted molar refractivity (Wildman–Crippen MR) is 216 cm³/mol. The summed E-state index contributed by atoms with van der Waals surface area (Å²) in [6.07, 6.45) is 7.02. The first-order valence-electron chi connectivity index (χ1n) is 18.5. The Balaban J connectivity index is 0.00000171. The zero-order chi connectivity index (χ0) is 34.2. The molecule has 0 saturated carbocycles. The van der Waals surface area contributed by atoms with Crippen molar-refractivity contribution in [2.45, 2.75) is 85.5 Å². The lowest BCUT2D eigenvalue weighted by Gasteiger charge is -2.26. The van der Waals surface area contributed by atoms with Crippen molar-refractivity contribution in [3.63, 3.8) is 0 Å². The fraction of sp³-hybridized carbons (Fsp3) is 0.265. The fourth-order valence-electron chi connectivity index (χ4n) is 8.96. The average molecular weight is 637 g/mol. The molecule has 0 aromatic heterocycles. The summed E-state index contributed by atoms with van der Waals surface area (Å²) < 4.78 is 0. The minimum Gasteiger partial charge on any atom is -0.0836 e. The monoisotopic (exact) mass is 636 g/mol. The summed E-state index contributed by atoms with van der Waals surface area (Å²) in [6.45, 7) is 18.1. The minimum atomic E-state index is 0.0864. The lowest BCUT2D eigenvalue weighted by molar-refractivity contribution is 0.607.